The van der Waals surface area contributed by atoms with Crippen LogP contribution in [0.5, 0.6) is 5.75 Å². The van der Waals surface area contributed by atoms with E-state index in [4.69, 9.17) is 4.74 Å². The molecule has 4 rings (SSSR count). The van der Waals surface area contributed by atoms with Crippen molar-refractivity contribution < 1.29 is 14.6 Å². The van der Waals surface area contributed by atoms with Crippen molar-refractivity contribution in [1.82, 2.24) is 14.8 Å². The lowest BCUT2D eigenvalue weighted by Crippen LogP contribution is -2.49. The van der Waals surface area contributed by atoms with Gasteiger partial charge in [0, 0.05) is 48.8 Å². The van der Waals surface area contributed by atoms with Crippen LogP contribution < -0.4 is 4.74 Å². The summed E-state index contributed by atoms with van der Waals surface area (Å²) in [6, 6.07) is 15.2. The van der Waals surface area contributed by atoms with Gasteiger partial charge in [-0.15, -0.1) is 0 Å². The van der Waals surface area contributed by atoms with E-state index in [1.165, 1.54) is 0 Å². The van der Waals surface area contributed by atoms with Crippen LogP contribution in [0, 0.1) is 0 Å². The van der Waals surface area contributed by atoms with Crippen LogP contribution in [0.15, 0.2) is 54.7 Å². The van der Waals surface area contributed by atoms with Gasteiger partial charge in [0.15, 0.2) is 0 Å². The molecule has 2 aromatic carbocycles. The van der Waals surface area contributed by atoms with Gasteiger partial charge >= 0.3 is 5.97 Å². The van der Waals surface area contributed by atoms with Gasteiger partial charge in [0.25, 0.3) is 0 Å². The zero-order chi connectivity index (χ0) is 20.2. The SMILES string of the molecule is CCN1CCN(C(C(=O)O)c2c[nH]c3ccc(OCc4ccccc4)cc23)CC1. The summed E-state index contributed by atoms with van der Waals surface area (Å²) in [5, 5.41) is 10.9. The number of benzene rings is 2. The van der Waals surface area contributed by atoms with Crippen molar-refractivity contribution in [3.05, 3.63) is 65.9 Å². The van der Waals surface area contributed by atoms with Crippen molar-refractivity contribution >= 4 is 16.9 Å². The summed E-state index contributed by atoms with van der Waals surface area (Å²) in [6.07, 6.45) is 1.83. The number of nitrogens with zero attached hydrogens (tertiary/aromatic N) is 2. The molecular weight excluding hydrogens is 366 g/mol. The number of hydrogen-bond acceptors (Lipinski definition) is 4. The summed E-state index contributed by atoms with van der Waals surface area (Å²) < 4.78 is 5.96. The molecule has 3 aromatic rings. The first-order chi connectivity index (χ1) is 14.2. The molecule has 2 N–H and O–H groups in total. The first-order valence-corrected chi connectivity index (χ1v) is 10.1. The molecule has 6 nitrogen and oxygen atoms in total. The van der Waals surface area contributed by atoms with Gasteiger partial charge in [-0.25, -0.2) is 0 Å². The molecule has 0 bridgehead atoms. The molecule has 29 heavy (non-hydrogen) atoms. The molecule has 1 fully saturated rings. The Hall–Kier alpha value is -2.83. The van der Waals surface area contributed by atoms with E-state index >= 15 is 0 Å². The molecule has 1 unspecified atom stereocenters. The third-order valence-corrected chi connectivity index (χ3v) is 5.68. The van der Waals surface area contributed by atoms with Crippen LogP contribution in [0.4, 0.5) is 0 Å². The molecule has 0 saturated carbocycles. The van der Waals surface area contributed by atoms with Crippen LogP contribution in [0.25, 0.3) is 10.9 Å². The zero-order valence-electron chi connectivity index (χ0n) is 16.7. The van der Waals surface area contributed by atoms with E-state index < -0.39 is 12.0 Å². The molecule has 0 radical (unpaired) electrons. The molecule has 1 aliphatic heterocycles. The Morgan fingerprint density at radius 2 is 1.90 bits per heavy atom. The fraction of sp³-hybridized carbons (Fsp3) is 0.348. The van der Waals surface area contributed by atoms with Crippen molar-refractivity contribution in [3.8, 4) is 5.75 Å². The molecular formula is C23H27N3O3. The Morgan fingerprint density at radius 3 is 2.59 bits per heavy atom. The highest BCUT2D eigenvalue weighted by Gasteiger charge is 2.31. The second-order valence-corrected chi connectivity index (χ2v) is 7.44. The van der Waals surface area contributed by atoms with Crippen LogP contribution >= 0.6 is 0 Å². The Morgan fingerprint density at radius 1 is 1.14 bits per heavy atom. The number of carboxylic acids is 1. The fourth-order valence-corrected chi connectivity index (χ4v) is 4.00. The second kappa shape index (κ2) is 8.68. The van der Waals surface area contributed by atoms with E-state index in [-0.39, 0.29) is 0 Å². The third kappa shape index (κ3) is 4.28. The lowest BCUT2D eigenvalue weighted by atomic mass is 10.0. The monoisotopic (exact) mass is 393 g/mol. The number of aromatic amines is 1. The Bertz CT molecular complexity index is 962. The van der Waals surface area contributed by atoms with Gasteiger partial charge in [-0.3, -0.25) is 9.69 Å². The van der Waals surface area contributed by atoms with Gasteiger partial charge < -0.3 is 19.7 Å². The molecule has 0 spiro atoms. The molecule has 1 saturated heterocycles. The van der Waals surface area contributed by atoms with Crippen molar-refractivity contribution in [2.45, 2.75) is 19.6 Å². The Labute approximate surface area is 170 Å². The minimum Gasteiger partial charge on any atom is -0.489 e. The number of nitrogens with one attached hydrogen (secondary N) is 1. The fourth-order valence-electron chi connectivity index (χ4n) is 4.00. The highest BCUT2D eigenvalue weighted by Crippen LogP contribution is 2.32. The normalized spacial score (nSPS) is 16.7. The number of piperazine rings is 1. The minimum atomic E-state index is -0.813. The van der Waals surface area contributed by atoms with Gasteiger partial charge in [0.05, 0.1) is 0 Å². The van der Waals surface area contributed by atoms with Crippen molar-refractivity contribution in [1.29, 1.82) is 0 Å². The molecule has 0 amide bonds. The van der Waals surface area contributed by atoms with Crippen molar-refractivity contribution in [3.63, 3.8) is 0 Å². The van der Waals surface area contributed by atoms with Gasteiger partial charge in [0.1, 0.15) is 18.4 Å². The van der Waals surface area contributed by atoms with Gasteiger partial charge in [0.2, 0.25) is 0 Å². The summed E-state index contributed by atoms with van der Waals surface area (Å²) in [5.74, 6) is -0.0754. The topological polar surface area (TPSA) is 68.8 Å². The molecule has 1 aromatic heterocycles. The number of H-pyrrole nitrogens is 1. The number of fused-ring (bicyclic) bond motifs is 1. The molecule has 1 aliphatic rings. The quantitative estimate of drug-likeness (QED) is 0.643. The van der Waals surface area contributed by atoms with Crippen molar-refractivity contribution in [2.24, 2.45) is 0 Å². The Kier molecular flexibility index (Phi) is 5.83. The first kappa shape index (κ1) is 19.5. The average Bonchev–Trinajstić information content (AvgIpc) is 3.16. The van der Waals surface area contributed by atoms with E-state index in [0.717, 1.165) is 60.5 Å². The number of likely N-dealkylation sites (N-methyl/N-ethyl adjacent to an activating group) is 1. The van der Waals surface area contributed by atoms with Crippen LogP contribution in [-0.2, 0) is 11.4 Å². The Balaban J connectivity index is 1.57. The maximum absolute atomic E-state index is 12.2. The van der Waals surface area contributed by atoms with Crippen LogP contribution in [0.2, 0.25) is 0 Å². The number of ether oxygens (including phenoxy) is 1. The predicted octanol–water partition coefficient (Wildman–Crippen LogP) is 3.51. The summed E-state index contributed by atoms with van der Waals surface area (Å²) in [4.78, 5) is 19.8. The molecule has 0 aliphatic carbocycles. The molecule has 6 heteroatoms. The van der Waals surface area contributed by atoms with E-state index in [9.17, 15) is 9.90 Å². The first-order valence-electron chi connectivity index (χ1n) is 10.1. The summed E-state index contributed by atoms with van der Waals surface area (Å²) >= 11 is 0. The van der Waals surface area contributed by atoms with Crippen LogP contribution in [0.1, 0.15) is 24.1 Å². The predicted molar refractivity (Wildman–Crippen MR) is 113 cm³/mol. The van der Waals surface area contributed by atoms with E-state index in [1.807, 2.05) is 54.7 Å². The summed E-state index contributed by atoms with van der Waals surface area (Å²) in [5.41, 5.74) is 2.81. The number of carbonyl (C=O) groups is 1. The molecule has 152 valence electrons. The van der Waals surface area contributed by atoms with Crippen LogP contribution in [0.3, 0.4) is 0 Å². The minimum absolute atomic E-state index is 0.480. The van der Waals surface area contributed by atoms with Gasteiger partial charge in [-0.05, 0) is 30.3 Å². The maximum atomic E-state index is 12.2. The highest BCUT2D eigenvalue weighted by atomic mass is 16.5. The smallest absolute Gasteiger partial charge is 0.325 e. The second-order valence-electron chi connectivity index (χ2n) is 7.44. The lowest BCUT2D eigenvalue weighted by Gasteiger charge is -2.37. The zero-order valence-corrected chi connectivity index (χ0v) is 16.7. The van der Waals surface area contributed by atoms with Gasteiger partial charge in [-0.2, -0.15) is 0 Å². The summed E-state index contributed by atoms with van der Waals surface area (Å²) in [6.45, 7) is 6.92. The number of carboxylic acid groups (broad SMARTS) is 1. The van der Waals surface area contributed by atoms with Gasteiger partial charge in [-0.1, -0.05) is 37.3 Å². The number of aromatic nitrogens is 1. The van der Waals surface area contributed by atoms with E-state index in [1.54, 1.807) is 0 Å². The lowest BCUT2D eigenvalue weighted by molar-refractivity contribution is -0.144. The van der Waals surface area contributed by atoms with Crippen LogP contribution in [-0.4, -0.2) is 58.6 Å². The molecule has 1 atom stereocenters. The number of rotatable bonds is 7. The average molecular weight is 393 g/mol. The standard InChI is InChI=1S/C23H27N3O3/c1-2-25-10-12-26(13-11-25)22(23(27)28)20-15-24-21-9-8-18(14-19(20)21)29-16-17-6-4-3-5-7-17/h3-9,14-15,22,24H,2,10-13,16H2,1H3,(H,27,28). The largest absolute Gasteiger partial charge is 0.489 e. The summed E-state index contributed by atoms with van der Waals surface area (Å²) in [7, 11) is 0. The molecule has 2 heterocycles. The van der Waals surface area contributed by atoms with E-state index in [2.05, 4.69) is 21.7 Å². The number of hydrogen-bond donors (Lipinski definition) is 2. The highest BCUT2D eigenvalue weighted by molar-refractivity contribution is 5.90. The van der Waals surface area contributed by atoms with E-state index in [0.29, 0.717) is 6.61 Å². The van der Waals surface area contributed by atoms with Crippen molar-refractivity contribution in [2.75, 3.05) is 32.7 Å². The third-order valence-electron chi connectivity index (χ3n) is 5.68. The maximum Gasteiger partial charge on any atom is 0.325 e. The number of aliphatic carboxylic acids is 1.